The maximum absolute atomic E-state index is 12.3. The number of nitrogens with one attached hydrogen (secondary N) is 2. The monoisotopic (exact) mass is 344 g/mol. The van der Waals surface area contributed by atoms with Gasteiger partial charge in [0.05, 0.1) is 18.2 Å². The van der Waals surface area contributed by atoms with Crippen molar-refractivity contribution in [2.75, 3.05) is 12.4 Å². The number of rotatable bonds is 4. The number of hydrogen-bond acceptors (Lipinski definition) is 4. The van der Waals surface area contributed by atoms with Gasteiger partial charge in [0.1, 0.15) is 5.75 Å². The molecular weight excluding hydrogens is 328 g/mol. The fourth-order valence-corrected chi connectivity index (χ4v) is 2.38. The highest BCUT2D eigenvalue weighted by molar-refractivity contribution is 7.80. The third-order valence-corrected chi connectivity index (χ3v) is 3.46. The number of carboxylic acids is 1. The second-order valence-electron chi connectivity index (χ2n) is 4.95. The summed E-state index contributed by atoms with van der Waals surface area (Å²) in [4.78, 5) is 23.3. The summed E-state index contributed by atoms with van der Waals surface area (Å²) in [6.07, 6.45) is 0. The Morgan fingerprint density at radius 3 is 2.54 bits per heavy atom. The number of amides is 1. The van der Waals surface area contributed by atoms with Crippen LogP contribution in [0.3, 0.4) is 0 Å². The van der Waals surface area contributed by atoms with E-state index in [1.165, 1.54) is 19.2 Å². The smallest absolute Gasteiger partial charge is 0.335 e. The van der Waals surface area contributed by atoms with Crippen LogP contribution in [0.2, 0.25) is 0 Å². The van der Waals surface area contributed by atoms with E-state index in [1.54, 1.807) is 24.3 Å². The predicted molar refractivity (Wildman–Crippen MR) is 94.8 cm³/mol. The number of carbonyl (C=O) groups is 2. The summed E-state index contributed by atoms with van der Waals surface area (Å²) in [7, 11) is 1.49. The van der Waals surface area contributed by atoms with Gasteiger partial charge in [0.2, 0.25) is 0 Å². The minimum Gasteiger partial charge on any atom is -0.496 e. The molecule has 124 valence electrons. The average Bonchev–Trinajstić information content (AvgIpc) is 2.54. The minimum atomic E-state index is -1.04. The SMILES string of the molecule is COc1c(C)cccc1C(=O)NC(=S)Nc1cccc(C(=O)O)c1. The molecule has 0 fully saturated rings. The van der Waals surface area contributed by atoms with Gasteiger partial charge in [-0.15, -0.1) is 0 Å². The van der Waals surface area contributed by atoms with Crippen molar-refractivity contribution < 1.29 is 19.4 Å². The van der Waals surface area contributed by atoms with Gasteiger partial charge in [-0.3, -0.25) is 10.1 Å². The molecule has 0 saturated heterocycles. The molecule has 0 spiro atoms. The highest BCUT2D eigenvalue weighted by atomic mass is 32.1. The van der Waals surface area contributed by atoms with E-state index in [2.05, 4.69) is 10.6 Å². The van der Waals surface area contributed by atoms with Crippen LogP contribution in [-0.2, 0) is 0 Å². The summed E-state index contributed by atoms with van der Waals surface area (Å²) >= 11 is 5.10. The van der Waals surface area contributed by atoms with Crippen LogP contribution < -0.4 is 15.4 Å². The molecule has 6 nitrogen and oxygen atoms in total. The fourth-order valence-electron chi connectivity index (χ4n) is 2.16. The van der Waals surface area contributed by atoms with Crippen molar-refractivity contribution in [2.24, 2.45) is 0 Å². The Kier molecular flexibility index (Phi) is 5.49. The van der Waals surface area contributed by atoms with Crippen LogP contribution in [-0.4, -0.2) is 29.2 Å². The fraction of sp³-hybridized carbons (Fsp3) is 0.118. The topological polar surface area (TPSA) is 87.7 Å². The number of benzene rings is 2. The maximum Gasteiger partial charge on any atom is 0.335 e. The van der Waals surface area contributed by atoms with E-state index >= 15 is 0 Å². The van der Waals surface area contributed by atoms with E-state index in [1.807, 2.05) is 13.0 Å². The van der Waals surface area contributed by atoms with Crippen molar-refractivity contribution >= 4 is 34.9 Å². The summed E-state index contributed by atoms with van der Waals surface area (Å²) in [6.45, 7) is 1.84. The zero-order chi connectivity index (χ0) is 17.7. The molecule has 24 heavy (non-hydrogen) atoms. The number of thiocarbonyl (C=S) groups is 1. The zero-order valence-electron chi connectivity index (χ0n) is 13.1. The second-order valence-corrected chi connectivity index (χ2v) is 5.36. The molecule has 0 aliphatic rings. The lowest BCUT2D eigenvalue weighted by Gasteiger charge is -2.13. The second kappa shape index (κ2) is 7.56. The molecule has 2 rings (SSSR count). The molecule has 3 N–H and O–H groups in total. The molecule has 2 aromatic rings. The molecule has 0 unspecified atom stereocenters. The van der Waals surface area contributed by atoms with Crippen molar-refractivity contribution in [1.82, 2.24) is 5.32 Å². The number of carboxylic acid groups (broad SMARTS) is 1. The van der Waals surface area contributed by atoms with E-state index in [-0.39, 0.29) is 10.7 Å². The van der Waals surface area contributed by atoms with Crippen LogP contribution in [0.25, 0.3) is 0 Å². The minimum absolute atomic E-state index is 0.0612. The van der Waals surface area contributed by atoms with Gasteiger partial charge in [-0.25, -0.2) is 4.79 Å². The van der Waals surface area contributed by atoms with Crippen molar-refractivity contribution in [3.8, 4) is 5.75 Å². The molecule has 0 saturated carbocycles. The predicted octanol–water partition coefficient (Wildman–Crippen LogP) is 2.83. The van der Waals surface area contributed by atoms with Crippen molar-refractivity contribution in [3.05, 3.63) is 59.2 Å². The molecule has 1 amide bonds. The van der Waals surface area contributed by atoms with Crippen molar-refractivity contribution in [3.63, 3.8) is 0 Å². The van der Waals surface area contributed by atoms with Crippen LogP contribution in [0.15, 0.2) is 42.5 Å². The molecule has 0 aliphatic heterocycles. The van der Waals surface area contributed by atoms with E-state index in [9.17, 15) is 9.59 Å². The number of aromatic carboxylic acids is 1. The Balaban J connectivity index is 2.10. The highest BCUT2D eigenvalue weighted by Crippen LogP contribution is 2.22. The lowest BCUT2D eigenvalue weighted by molar-refractivity contribution is 0.0696. The quantitative estimate of drug-likeness (QED) is 0.739. The van der Waals surface area contributed by atoms with Gasteiger partial charge in [0, 0.05) is 5.69 Å². The van der Waals surface area contributed by atoms with Crippen LogP contribution in [0.1, 0.15) is 26.3 Å². The van der Waals surface area contributed by atoms with Gasteiger partial charge in [0.25, 0.3) is 5.91 Å². The summed E-state index contributed by atoms with van der Waals surface area (Å²) in [5, 5.41) is 14.4. The summed E-state index contributed by atoms with van der Waals surface area (Å²) in [6, 6.07) is 11.3. The van der Waals surface area contributed by atoms with Gasteiger partial charge in [0.15, 0.2) is 5.11 Å². The first-order chi connectivity index (χ1) is 11.4. The van der Waals surface area contributed by atoms with Gasteiger partial charge in [-0.2, -0.15) is 0 Å². The number of hydrogen-bond donors (Lipinski definition) is 3. The van der Waals surface area contributed by atoms with Crippen molar-refractivity contribution in [2.45, 2.75) is 6.92 Å². The van der Waals surface area contributed by atoms with Gasteiger partial charge in [-0.1, -0.05) is 18.2 Å². The Morgan fingerprint density at radius 1 is 1.17 bits per heavy atom. The number of anilines is 1. The Morgan fingerprint density at radius 2 is 1.88 bits per heavy atom. The normalized spacial score (nSPS) is 9.92. The maximum atomic E-state index is 12.3. The van der Waals surface area contributed by atoms with E-state index < -0.39 is 11.9 Å². The van der Waals surface area contributed by atoms with Gasteiger partial charge >= 0.3 is 5.97 Å². The number of methoxy groups -OCH3 is 1. The molecule has 7 heteroatoms. The molecule has 0 bridgehead atoms. The number of carbonyl (C=O) groups excluding carboxylic acids is 1. The molecule has 0 aromatic heterocycles. The van der Waals surface area contributed by atoms with E-state index in [0.717, 1.165) is 5.56 Å². The highest BCUT2D eigenvalue weighted by Gasteiger charge is 2.15. The number of ether oxygens (including phenoxy) is 1. The van der Waals surface area contributed by atoms with Crippen LogP contribution in [0.4, 0.5) is 5.69 Å². The van der Waals surface area contributed by atoms with Crippen LogP contribution in [0, 0.1) is 6.92 Å². The Bertz CT molecular complexity index is 805. The summed E-state index contributed by atoms with van der Waals surface area (Å²) < 4.78 is 5.25. The lowest BCUT2D eigenvalue weighted by atomic mass is 10.1. The van der Waals surface area contributed by atoms with Gasteiger partial charge in [-0.05, 0) is 49.0 Å². The third-order valence-electron chi connectivity index (χ3n) is 3.26. The van der Waals surface area contributed by atoms with Gasteiger partial charge < -0.3 is 15.2 Å². The first kappa shape index (κ1) is 17.4. The molecular formula is C17H16N2O4S. The van der Waals surface area contributed by atoms with E-state index in [4.69, 9.17) is 22.1 Å². The molecule has 0 atom stereocenters. The van der Waals surface area contributed by atoms with Crippen LogP contribution in [0.5, 0.6) is 5.75 Å². The zero-order valence-corrected chi connectivity index (χ0v) is 13.9. The van der Waals surface area contributed by atoms with Crippen LogP contribution >= 0.6 is 12.2 Å². The molecule has 0 aliphatic carbocycles. The number of para-hydroxylation sites is 1. The largest absolute Gasteiger partial charge is 0.496 e. The standard InChI is InChI=1S/C17H16N2O4S/c1-10-5-3-8-13(14(10)23-2)15(20)19-17(24)18-12-7-4-6-11(9-12)16(21)22/h3-9H,1-2H3,(H,21,22)(H2,18,19,20,24). The molecule has 2 aromatic carbocycles. The summed E-state index contributed by atoms with van der Waals surface area (Å²) in [5.41, 5.74) is 1.78. The van der Waals surface area contributed by atoms with E-state index in [0.29, 0.717) is 17.0 Å². The Hall–Kier alpha value is -2.93. The first-order valence-corrected chi connectivity index (χ1v) is 7.42. The summed E-state index contributed by atoms with van der Waals surface area (Å²) in [5.74, 6) is -0.980. The average molecular weight is 344 g/mol. The molecule has 0 radical (unpaired) electrons. The number of aryl methyl sites for hydroxylation is 1. The lowest BCUT2D eigenvalue weighted by Crippen LogP contribution is -2.34. The van der Waals surface area contributed by atoms with Crippen molar-refractivity contribution in [1.29, 1.82) is 0 Å². The first-order valence-electron chi connectivity index (χ1n) is 7.01. The Labute approximate surface area is 144 Å². The third kappa shape index (κ3) is 4.08. The molecule has 0 heterocycles.